The largest absolute Gasteiger partial charge is 1.00 e. The van der Waals surface area contributed by atoms with Crippen LogP contribution in [0.25, 0.3) is 0 Å². The summed E-state index contributed by atoms with van der Waals surface area (Å²) in [5.41, 5.74) is 0. The average Bonchev–Trinajstić information content (AvgIpc) is 2.50. The van der Waals surface area contributed by atoms with Crippen molar-refractivity contribution < 1.29 is 69.5 Å². The maximum atomic E-state index is 11.4. The zero-order valence-electron chi connectivity index (χ0n) is 16.3. The minimum Gasteiger partial charge on any atom is -0.862 e. The van der Waals surface area contributed by atoms with Crippen LogP contribution in [-0.2, 0) is 10.1 Å². The summed E-state index contributed by atoms with van der Waals surface area (Å²) < 4.78 is 29.5. The van der Waals surface area contributed by atoms with Gasteiger partial charge in [0.15, 0.2) is 0 Å². The molecule has 0 aromatic carbocycles. The topological polar surface area (TPSA) is 89.8 Å². The van der Waals surface area contributed by atoms with Crippen LogP contribution in [0.2, 0.25) is 0 Å². The second-order valence-corrected chi connectivity index (χ2v) is 8.13. The number of rotatable bonds is 17. The predicted octanol–water partition coefficient (Wildman–Crippen LogP) is 1.12. The number of hydrogen-bond acceptors (Lipinski definition) is 4. The first-order valence-electron chi connectivity index (χ1n) is 9.61. The molecule has 144 valence electrons. The van der Waals surface area contributed by atoms with Crippen molar-refractivity contribution in [2.45, 2.75) is 96.8 Å². The standard InChI is InChI=1S/C18H37NO4S.K/c1-2-3-4-5-6-7-8-9-10-11-12-13-14-15-18(20)19-16-17-24(21,22)23;/h2-17H2,1H3,(H,19,20)(H,21,22,23);/q;+1/p-1. The van der Waals surface area contributed by atoms with Crippen LogP contribution in [0.5, 0.6) is 0 Å². The second kappa shape index (κ2) is 19.8. The van der Waals surface area contributed by atoms with Crippen molar-refractivity contribution in [2.75, 3.05) is 12.3 Å². The van der Waals surface area contributed by atoms with Crippen molar-refractivity contribution in [1.82, 2.24) is 0 Å². The smallest absolute Gasteiger partial charge is 0.862 e. The van der Waals surface area contributed by atoms with E-state index in [9.17, 15) is 13.5 Å². The van der Waals surface area contributed by atoms with Gasteiger partial charge in [0.2, 0.25) is 0 Å². The van der Waals surface area contributed by atoms with Gasteiger partial charge in [-0.15, -0.1) is 0 Å². The fourth-order valence-electron chi connectivity index (χ4n) is 2.66. The zero-order chi connectivity index (χ0) is 18.1. The molecule has 5 nitrogen and oxygen atoms in total. The third kappa shape index (κ3) is 25.0. The Balaban J connectivity index is 0. The van der Waals surface area contributed by atoms with Crippen LogP contribution >= 0.6 is 0 Å². The van der Waals surface area contributed by atoms with E-state index in [4.69, 9.17) is 4.55 Å². The molecule has 0 heterocycles. The summed E-state index contributed by atoms with van der Waals surface area (Å²) in [4.78, 5) is 3.63. The molecule has 7 heteroatoms. The van der Waals surface area contributed by atoms with Crippen molar-refractivity contribution in [3.05, 3.63) is 0 Å². The van der Waals surface area contributed by atoms with Crippen LogP contribution in [0.4, 0.5) is 0 Å². The van der Waals surface area contributed by atoms with Gasteiger partial charge >= 0.3 is 51.4 Å². The molecule has 0 aromatic rings. The molecule has 0 rings (SSSR count). The van der Waals surface area contributed by atoms with Gasteiger partial charge in [-0.1, -0.05) is 84.0 Å². The Bertz CT molecular complexity index is 413. The normalized spacial score (nSPS) is 12.2. The Hall–Kier alpha value is 1.02. The summed E-state index contributed by atoms with van der Waals surface area (Å²) in [7, 11) is -4.01. The summed E-state index contributed by atoms with van der Waals surface area (Å²) in [6.07, 6.45) is 16.7. The van der Waals surface area contributed by atoms with E-state index in [-0.39, 0.29) is 63.8 Å². The Kier molecular flexibility index (Phi) is 22.3. The maximum absolute atomic E-state index is 11.4. The number of aliphatic imine (C=N–C) groups is 1. The fourth-order valence-corrected chi connectivity index (χ4v) is 2.98. The molecule has 0 atom stereocenters. The second-order valence-electron chi connectivity index (χ2n) is 6.55. The van der Waals surface area contributed by atoms with E-state index in [1.54, 1.807) is 0 Å². The third-order valence-electron chi connectivity index (χ3n) is 4.13. The minimum absolute atomic E-state index is 0. The maximum Gasteiger partial charge on any atom is 1.00 e. The molecule has 0 aliphatic heterocycles. The van der Waals surface area contributed by atoms with E-state index in [2.05, 4.69) is 11.9 Å². The first kappa shape index (κ1) is 28.2. The van der Waals surface area contributed by atoms with Crippen LogP contribution in [0.15, 0.2) is 4.99 Å². The molecular formula is C18H36KNO4S. The molecule has 0 saturated carbocycles. The van der Waals surface area contributed by atoms with Crippen LogP contribution in [0, 0.1) is 0 Å². The van der Waals surface area contributed by atoms with E-state index in [1.807, 2.05) is 0 Å². The summed E-state index contributed by atoms with van der Waals surface area (Å²) in [6, 6.07) is 0. The predicted molar refractivity (Wildman–Crippen MR) is 99.0 cm³/mol. The Morgan fingerprint density at radius 1 is 0.840 bits per heavy atom. The first-order chi connectivity index (χ1) is 11.5. The van der Waals surface area contributed by atoms with Crippen LogP contribution in [-0.4, -0.2) is 31.2 Å². The van der Waals surface area contributed by atoms with Crippen LogP contribution in [0.1, 0.15) is 96.8 Å². The van der Waals surface area contributed by atoms with Gasteiger partial charge in [-0.25, -0.2) is 0 Å². The molecule has 0 spiro atoms. The molecule has 1 N–H and O–H groups in total. The number of hydrogen-bond donors (Lipinski definition) is 1. The molecule has 0 aliphatic carbocycles. The van der Waals surface area contributed by atoms with E-state index in [0.29, 0.717) is 6.42 Å². The fraction of sp³-hybridized carbons (Fsp3) is 0.944. The van der Waals surface area contributed by atoms with Crippen LogP contribution in [0.3, 0.4) is 0 Å². The minimum atomic E-state index is -4.01. The molecule has 25 heavy (non-hydrogen) atoms. The summed E-state index contributed by atoms with van der Waals surface area (Å²) in [5, 5.41) is 11.4. The average molecular weight is 402 g/mol. The number of unbranched alkanes of at least 4 members (excludes halogenated alkanes) is 12. The van der Waals surface area contributed by atoms with Gasteiger partial charge in [-0.2, -0.15) is 8.42 Å². The number of nitrogens with zero attached hydrogens (tertiary/aromatic N) is 1. The van der Waals surface area contributed by atoms with Gasteiger partial charge < -0.3 is 10.1 Å². The van der Waals surface area contributed by atoms with Crippen LogP contribution < -0.4 is 56.5 Å². The summed E-state index contributed by atoms with van der Waals surface area (Å²) >= 11 is 0. The molecule has 0 aromatic heterocycles. The van der Waals surface area contributed by atoms with Crippen molar-refractivity contribution in [3.8, 4) is 0 Å². The SMILES string of the molecule is CCCCCCCCCCCCCCCC([O-])=NCCS(=O)(=O)O.[K+]. The van der Waals surface area contributed by atoms with E-state index >= 15 is 0 Å². The van der Waals surface area contributed by atoms with Gasteiger partial charge in [-0.05, 0) is 18.7 Å². The first-order valence-corrected chi connectivity index (χ1v) is 11.2. The van der Waals surface area contributed by atoms with Gasteiger partial charge in [0.05, 0.1) is 12.3 Å². The van der Waals surface area contributed by atoms with Crippen molar-refractivity contribution in [3.63, 3.8) is 0 Å². The zero-order valence-corrected chi connectivity index (χ0v) is 20.3. The molecule has 0 fully saturated rings. The Morgan fingerprint density at radius 3 is 1.64 bits per heavy atom. The van der Waals surface area contributed by atoms with E-state index in [1.165, 1.54) is 64.2 Å². The molecule has 0 amide bonds. The molecule has 0 radical (unpaired) electrons. The van der Waals surface area contributed by atoms with E-state index in [0.717, 1.165) is 19.3 Å². The van der Waals surface area contributed by atoms with Gasteiger partial charge in [0.1, 0.15) is 0 Å². The molecule has 0 aliphatic rings. The monoisotopic (exact) mass is 401 g/mol. The molecular weight excluding hydrogens is 365 g/mol. The van der Waals surface area contributed by atoms with Gasteiger partial charge in [-0.3, -0.25) is 4.55 Å². The quantitative estimate of drug-likeness (QED) is 0.130. The molecule has 0 saturated heterocycles. The summed E-state index contributed by atoms with van der Waals surface area (Å²) in [5.74, 6) is -0.737. The molecule has 0 bridgehead atoms. The van der Waals surface area contributed by atoms with E-state index < -0.39 is 15.9 Å². The molecule has 0 unspecified atom stereocenters. The van der Waals surface area contributed by atoms with Gasteiger partial charge in [0.25, 0.3) is 10.1 Å². The van der Waals surface area contributed by atoms with Crippen molar-refractivity contribution in [1.29, 1.82) is 0 Å². The Morgan fingerprint density at radius 2 is 1.24 bits per heavy atom. The summed E-state index contributed by atoms with van der Waals surface area (Å²) in [6.45, 7) is 2.10. The Labute approximate surface area is 197 Å². The van der Waals surface area contributed by atoms with Crippen molar-refractivity contribution in [2.24, 2.45) is 4.99 Å². The van der Waals surface area contributed by atoms with Crippen molar-refractivity contribution >= 4 is 16.0 Å². The van der Waals surface area contributed by atoms with Gasteiger partial charge in [0, 0.05) is 0 Å². The third-order valence-corrected chi connectivity index (χ3v) is 4.83.